The van der Waals surface area contributed by atoms with Gasteiger partial charge in [0.2, 0.25) is 0 Å². The maximum absolute atomic E-state index is 6.07. The second-order valence-electron chi connectivity index (χ2n) is 9.32. The number of nitrogens with zero attached hydrogens (tertiary/aromatic N) is 4. The van der Waals surface area contributed by atoms with Gasteiger partial charge in [0, 0.05) is 36.4 Å². The maximum atomic E-state index is 6.07. The molecular weight excluding hydrogens is 472 g/mol. The van der Waals surface area contributed by atoms with E-state index in [0.717, 1.165) is 58.5 Å². The van der Waals surface area contributed by atoms with Gasteiger partial charge in [-0.25, -0.2) is 19.9 Å². The van der Waals surface area contributed by atoms with Crippen molar-refractivity contribution in [2.75, 3.05) is 13.2 Å². The summed E-state index contributed by atoms with van der Waals surface area (Å²) in [6.07, 6.45) is 11.7. The van der Waals surface area contributed by atoms with Gasteiger partial charge in [-0.05, 0) is 49.2 Å². The molecule has 0 N–H and O–H groups in total. The molecule has 6 nitrogen and oxygen atoms in total. The molecule has 2 aromatic heterocycles. The fraction of sp³-hybridized carbons (Fsp3) is 0.375. The SMILES string of the molecule is CCCCCOc1ccccc1-c1ccnc(CCc2nccc(-c3ccccc3OCCCCC)n2)n1. The number of hydrogen-bond acceptors (Lipinski definition) is 6. The van der Waals surface area contributed by atoms with Gasteiger partial charge in [0.1, 0.15) is 23.1 Å². The second kappa shape index (κ2) is 14.8. The molecule has 0 fully saturated rings. The number of ether oxygens (including phenoxy) is 2. The Morgan fingerprint density at radius 3 is 1.45 bits per heavy atom. The predicted octanol–water partition coefficient (Wildman–Crippen LogP) is 7.52. The van der Waals surface area contributed by atoms with E-state index in [1.165, 1.54) is 25.7 Å². The van der Waals surface area contributed by atoms with Gasteiger partial charge < -0.3 is 9.47 Å². The Hall–Kier alpha value is -3.80. The Labute approximate surface area is 226 Å². The molecule has 0 unspecified atom stereocenters. The Bertz CT molecular complexity index is 1180. The Kier molecular flexibility index (Phi) is 10.6. The number of para-hydroxylation sites is 2. The van der Waals surface area contributed by atoms with Crippen LogP contribution >= 0.6 is 0 Å². The van der Waals surface area contributed by atoms with Crippen LogP contribution in [0.25, 0.3) is 22.5 Å². The van der Waals surface area contributed by atoms with E-state index in [1.807, 2.05) is 60.9 Å². The highest BCUT2D eigenvalue weighted by Gasteiger charge is 2.11. The smallest absolute Gasteiger partial charge is 0.129 e. The van der Waals surface area contributed by atoms with E-state index in [2.05, 4.69) is 35.9 Å². The molecule has 198 valence electrons. The lowest BCUT2D eigenvalue weighted by Gasteiger charge is -2.12. The van der Waals surface area contributed by atoms with Gasteiger partial charge in [-0.2, -0.15) is 0 Å². The molecule has 6 heteroatoms. The number of aryl methyl sites for hydroxylation is 2. The summed E-state index contributed by atoms with van der Waals surface area (Å²) in [4.78, 5) is 18.7. The van der Waals surface area contributed by atoms with Gasteiger partial charge in [0.05, 0.1) is 24.6 Å². The number of unbranched alkanes of at least 4 members (excludes halogenated alkanes) is 4. The van der Waals surface area contributed by atoms with Gasteiger partial charge in [0.15, 0.2) is 0 Å². The van der Waals surface area contributed by atoms with E-state index in [-0.39, 0.29) is 0 Å². The Morgan fingerprint density at radius 2 is 1.00 bits per heavy atom. The Morgan fingerprint density at radius 1 is 0.553 bits per heavy atom. The highest BCUT2D eigenvalue weighted by molar-refractivity contribution is 5.67. The summed E-state index contributed by atoms with van der Waals surface area (Å²) in [6.45, 7) is 5.81. The van der Waals surface area contributed by atoms with Crippen LogP contribution in [-0.2, 0) is 12.8 Å². The lowest BCUT2D eigenvalue weighted by atomic mass is 10.1. The third kappa shape index (κ3) is 7.85. The summed E-state index contributed by atoms with van der Waals surface area (Å²) < 4.78 is 12.1. The largest absolute Gasteiger partial charge is 0.493 e. The first-order valence-corrected chi connectivity index (χ1v) is 13.9. The lowest BCUT2D eigenvalue weighted by molar-refractivity contribution is 0.307. The number of benzene rings is 2. The molecule has 0 aliphatic carbocycles. The third-order valence-corrected chi connectivity index (χ3v) is 6.32. The first kappa shape index (κ1) is 27.2. The van der Waals surface area contributed by atoms with Crippen LogP contribution < -0.4 is 9.47 Å². The molecular formula is C32H38N4O2. The van der Waals surface area contributed by atoms with Crippen molar-refractivity contribution in [1.82, 2.24) is 19.9 Å². The molecule has 0 atom stereocenters. The third-order valence-electron chi connectivity index (χ3n) is 6.32. The molecule has 0 aliphatic rings. The van der Waals surface area contributed by atoms with Crippen LogP contribution in [0.2, 0.25) is 0 Å². The zero-order valence-corrected chi connectivity index (χ0v) is 22.6. The van der Waals surface area contributed by atoms with Crippen molar-refractivity contribution in [2.45, 2.75) is 65.2 Å². The zero-order valence-electron chi connectivity index (χ0n) is 22.6. The minimum Gasteiger partial charge on any atom is -0.493 e. The maximum Gasteiger partial charge on any atom is 0.129 e. The molecule has 0 saturated carbocycles. The quantitative estimate of drug-likeness (QED) is 0.154. The molecule has 2 aromatic carbocycles. The molecule has 0 saturated heterocycles. The number of aromatic nitrogens is 4. The van der Waals surface area contributed by atoms with E-state index >= 15 is 0 Å². The van der Waals surface area contributed by atoms with Crippen molar-refractivity contribution in [1.29, 1.82) is 0 Å². The first-order chi connectivity index (χ1) is 18.8. The molecule has 0 amide bonds. The van der Waals surface area contributed by atoms with Crippen molar-refractivity contribution >= 4 is 0 Å². The van der Waals surface area contributed by atoms with Crippen LogP contribution in [0.4, 0.5) is 0 Å². The van der Waals surface area contributed by atoms with Gasteiger partial charge >= 0.3 is 0 Å². The van der Waals surface area contributed by atoms with Gasteiger partial charge in [-0.1, -0.05) is 63.8 Å². The number of rotatable bonds is 15. The fourth-order valence-corrected chi connectivity index (χ4v) is 4.24. The molecule has 0 bridgehead atoms. The number of hydrogen-bond donors (Lipinski definition) is 0. The molecule has 38 heavy (non-hydrogen) atoms. The van der Waals surface area contributed by atoms with Gasteiger partial charge in [-0.15, -0.1) is 0 Å². The van der Waals surface area contributed by atoms with Gasteiger partial charge in [0.25, 0.3) is 0 Å². The normalized spacial score (nSPS) is 10.9. The fourth-order valence-electron chi connectivity index (χ4n) is 4.24. The molecule has 0 spiro atoms. The monoisotopic (exact) mass is 510 g/mol. The molecule has 0 aliphatic heterocycles. The minimum atomic E-state index is 0.645. The van der Waals surface area contributed by atoms with Crippen LogP contribution in [0.3, 0.4) is 0 Å². The van der Waals surface area contributed by atoms with Crippen molar-refractivity contribution in [3.8, 4) is 34.0 Å². The van der Waals surface area contributed by atoms with Crippen molar-refractivity contribution in [3.05, 3.63) is 84.7 Å². The standard InChI is InChI=1S/C32H38N4O2/c1-3-5-11-23-37-29-15-9-7-13-25(29)27-19-21-33-31(35-27)17-18-32-34-22-20-28(36-32)26-14-8-10-16-30(26)38-24-12-6-4-2/h7-10,13-16,19-22H,3-6,11-12,17-18,23-24H2,1-2H3. The van der Waals surface area contributed by atoms with Gasteiger partial charge in [-0.3, -0.25) is 0 Å². The first-order valence-electron chi connectivity index (χ1n) is 13.9. The summed E-state index contributed by atoms with van der Waals surface area (Å²) in [5, 5.41) is 0. The minimum absolute atomic E-state index is 0.645. The van der Waals surface area contributed by atoms with Crippen molar-refractivity contribution < 1.29 is 9.47 Å². The van der Waals surface area contributed by atoms with E-state index < -0.39 is 0 Å². The molecule has 0 radical (unpaired) electrons. The van der Waals surface area contributed by atoms with E-state index in [9.17, 15) is 0 Å². The van der Waals surface area contributed by atoms with Crippen LogP contribution in [0.15, 0.2) is 73.1 Å². The van der Waals surface area contributed by atoms with Crippen LogP contribution in [0.5, 0.6) is 11.5 Å². The second-order valence-corrected chi connectivity index (χ2v) is 9.32. The molecule has 2 heterocycles. The predicted molar refractivity (Wildman–Crippen MR) is 152 cm³/mol. The van der Waals surface area contributed by atoms with E-state index in [4.69, 9.17) is 19.4 Å². The average Bonchev–Trinajstić information content (AvgIpc) is 2.97. The summed E-state index contributed by atoms with van der Waals surface area (Å²) in [7, 11) is 0. The highest BCUT2D eigenvalue weighted by Crippen LogP contribution is 2.30. The van der Waals surface area contributed by atoms with Crippen molar-refractivity contribution in [3.63, 3.8) is 0 Å². The summed E-state index contributed by atoms with van der Waals surface area (Å²) in [5.74, 6) is 3.24. The van der Waals surface area contributed by atoms with Crippen molar-refractivity contribution in [2.24, 2.45) is 0 Å². The topological polar surface area (TPSA) is 70.0 Å². The summed E-state index contributed by atoms with van der Waals surface area (Å²) in [5.41, 5.74) is 3.71. The molecule has 4 aromatic rings. The van der Waals surface area contributed by atoms with Crippen LogP contribution in [-0.4, -0.2) is 33.1 Å². The molecule has 4 rings (SSSR count). The summed E-state index contributed by atoms with van der Waals surface area (Å²) >= 11 is 0. The van der Waals surface area contributed by atoms with E-state index in [1.54, 1.807) is 0 Å². The zero-order chi connectivity index (χ0) is 26.4. The van der Waals surface area contributed by atoms with Crippen LogP contribution in [0, 0.1) is 0 Å². The average molecular weight is 511 g/mol. The Balaban J connectivity index is 1.44. The van der Waals surface area contributed by atoms with E-state index in [0.29, 0.717) is 26.1 Å². The summed E-state index contributed by atoms with van der Waals surface area (Å²) in [6, 6.07) is 20.0. The van der Waals surface area contributed by atoms with Crippen LogP contribution in [0.1, 0.15) is 64.0 Å². The highest BCUT2D eigenvalue weighted by atomic mass is 16.5. The lowest BCUT2D eigenvalue weighted by Crippen LogP contribution is -2.04.